The zero-order valence-electron chi connectivity index (χ0n) is 8.59. The molecule has 1 nitrogen and oxygen atoms in total. The zero-order valence-corrected chi connectivity index (χ0v) is 8.59. The van der Waals surface area contributed by atoms with Crippen LogP contribution in [0.3, 0.4) is 0 Å². The summed E-state index contributed by atoms with van der Waals surface area (Å²) < 4.78 is 0. The summed E-state index contributed by atoms with van der Waals surface area (Å²) in [6.45, 7) is 6.77. The van der Waals surface area contributed by atoms with Crippen molar-refractivity contribution in [2.75, 3.05) is 0 Å². The summed E-state index contributed by atoms with van der Waals surface area (Å²) in [7, 11) is 0. The molecule has 0 saturated heterocycles. The molecule has 1 saturated carbocycles. The van der Waals surface area contributed by atoms with Gasteiger partial charge in [0.25, 0.3) is 0 Å². The third-order valence-electron chi connectivity index (χ3n) is 3.43. The Kier molecular flexibility index (Phi) is 3.57. The summed E-state index contributed by atoms with van der Waals surface area (Å²) in [5, 5.41) is 9.66. The summed E-state index contributed by atoms with van der Waals surface area (Å²) in [5.41, 5.74) is 0. The van der Waals surface area contributed by atoms with E-state index >= 15 is 0 Å². The van der Waals surface area contributed by atoms with E-state index in [-0.39, 0.29) is 6.10 Å². The number of aliphatic hydroxyl groups is 1. The predicted molar refractivity (Wildman–Crippen MR) is 52.0 cm³/mol. The van der Waals surface area contributed by atoms with E-state index in [1.807, 2.05) is 0 Å². The van der Waals surface area contributed by atoms with Crippen molar-refractivity contribution in [2.45, 2.75) is 52.6 Å². The highest BCUT2D eigenvalue weighted by atomic mass is 16.3. The predicted octanol–water partition coefficient (Wildman–Crippen LogP) is 2.83. The van der Waals surface area contributed by atoms with Crippen LogP contribution in [-0.2, 0) is 0 Å². The van der Waals surface area contributed by atoms with Crippen molar-refractivity contribution in [2.24, 2.45) is 17.8 Å². The van der Waals surface area contributed by atoms with E-state index in [1.165, 1.54) is 19.3 Å². The normalized spacial score (nSPS) is 38.2. The largest absolute Gasteiger partial charge is 0.393 e. The number of hydrogen-bond acceptors (Lipinski definition) is 1. The van der Waals surface area contributed by atoms with E-state index in [0.717, 1.165) is 18.3 Å². The Bertz CT molecular complexity index is 119. The van der Waals surface area contributed by atoms with Crippen molar-refractivity contribution in [1.29, 1.82) is 0 Å². The number of hydrogen-bond donors (Lipinski definition) is 1. The lowest BCUT2D eigenvalue weighted by atomic mass is 9.89. The van der Waals surface area contributed by atoms with Crippen LogP contribution in [0, 0.1) is 17.8 Å². The minimum absolute atomic E-state index is 0.0336. The van der Waals surface area contributed by atoms with Gasteiger partial charge >= 0.3 is 0 Å². The molecule has 1 aliphatic rings. The first-order valence-corrected chi connectivity index (χ1v) is 5.29. The van der Waals surface area contributed by atoms with Crippen LogP contribution in [0.1, 0.15) is 46.5 Å². The molecule has 0 aromatic carbocycles. The molecule has 72 valence electrons. The Morgan fingerprint density at radius 1 is 1.08 bits per heavy atom. The highest BCUT2D eigenvalue weighted by Gasteiger charge is 2.23. The molecule has 1 heteroatoms. The molecule has 0 spiro atoms. The standard InChI is InChI=1S/C11H22O/c1-8(2)10-5-4-9(3)11(12)7-6-10/h8-12H,4-7H2,1-3H3/t9-,10+,11+/m1/s1. The van der Waals surface area contributed by atoms with Crippen LogP contribution in [0.2, 0.25) is 0 Å². The van der Waals surface area contributed by atoms with Crippen LogP contribution >= 0.6 is 0 Å². The van der Waals surface area contributed by atoms with Crippen LogP contribution < -0.4 is 0 Å². The first-order chi connectivity index (χ1) is 5.61. The van der Waals surface area contributed by atoms with Crippen molar-refractivity contribution >= 4 is 0 Å². The fraction of sp³-hybridized carbons (Fsp3) is 1.00. The second kappa shape index (κ2) is 4.27. The summed E-state index contributed by atoms with van der Waals surface area (Å²) in [5.74, 6) is 2.17. The van der Waals surface area contributed by atoms with Crippen molar-refractivity contribution in [3.05, 3.63) is 0 Å². The second-order valence-corrected chi connectivity index (χ2v) is 4.70. The molecule has 1 fully saturated rings. The fourth-order valence-electron chi connectivity index (χ4n) is 2.15. The van der Waals surface area contributed by atoms with Crippen molar-refractivity contribution in [1.82, 2.24) is 0 Å². The van der Waals surface area contributed by atoms with Gasteiger partial charge in [0, 0.05) is 0 Å². The lowest BCUT2D eigenvalue weighted by Crippen LogP contribution is -2.14. The Hall–Kier alpha value is -0.0400. The molecular formula is C11H22O. The summed E-state index contributed by atoms with van der Waals surface area (Å²) in [6, 6.07) is 0. The lowest BCUT2D eigenvalue weighted by Gasteiger charge is -2.17. The van der Waals surface area contributed by atoms with Crippen LogP contribution in [0.4, 0.5) is 0 Å². The molecule has 0 heterocycles. The molecule has 3 atom stereocenters. The number of rotatable bonds is 1. The van der Waals surface area contributed by atoms with Gasteiger partial charge in [-0.3, -0.25) is 0 Å². The quantitative estimate of drug-likeness (QED) is 0.600. The monoisotopic (exact) mass is 170 g/mol. The minimum atomic E-state index is -0.0336. The van der Waals surface area contributed by atoms with Crippen LogP contribution in [0.15, 0.2) is 0 Å². The average Bonchev–Trinajstić information content (AvgIpc) is 2.16. The summed E-state index contributed by atoms with van der Waals surface area (Å²) >= 11 is 0. The smallest absolute Gasteiger partial charge is 0.0565 e. The Balaban J connectivity index is 2.44. The zero-order chi connectivity index (χ0) is 9.14. The van der Waals surface area contributed by atoms with Crippen LogP contribution in [0.5, 0.6) is 0 Å². The van der Waals surface area contributed by atoms with Gasteiger partial charge in [-0.15, -0.1) is 0 Å². The van der Waals surface area contributed by atoms with Crippen LogP contribution in [0.25, 0.3) is 0 Å². The molecule has 0 unspecified atom stereocenters. The molecule has 1 N–H and O–H groups in total. The molecule has 0 aliphatic heterocycles. The fourth-order valence-corrected chi connectivity index (χ4v) is 2.15. The van der Waals surface area contributed by atoms with Gasteiger partial charge in [0.15, 0.2) is 0 Å². The molecule has 0 amide bonds. The summed E-state index contributed by atoms with van der Waals surface area (Å²) in [6.07, 6.45) is 4.74. The van der Waals surface area contributed by atoms with Gasteiger partial charge in [0.05, 0.1) is 6.10 Å². The molecule has 0 bridgehead atoms. The summed E-state index contributed by atoms with van der Waals surface area (Å²) in [4.78, 5) is 0. The maximum absolute atomic E-state index is 9.66. The van der Waals surface area contributed by atoms with Crippen molar-refractivity contribution in [3.8, 4) is 0 Å². The van der Waals surface area contributed by atoms with Gasteiger partial charge in [-0.25, -0.2) is 0 Å². The third-order valence-corrected chi connectivity index (χ3v) is 3.43. The minimum Gasteiger partial charge on any atom is -0.393 e. The highest BCUT2D eigenvalue weighted by Crippen LogP contribution is 2.31. The van der Waals surface area contributed by atoms with Gasteiger partial charge in [0.2, 0.25) is 0 Å². The van der Waals surface area contributed by atoms with E-state index in [4.69, 9.17) is 0 Å². The maximum atomic E-state index is 9.66. The molecule has 1 rings (SSSR count). The molecular weight excluding hydrogens is 148 g/mol. The van der Waals surface area contributed by atoms with E-state index in [2.05, 4.69) is 20.8 Å². The van der Waals surface area contributed by atoms with Crippen LogP contribution in [-0.4, -0.2) is 11.2 Å². The van der Waals surface area contributed by atoms with E-state index in [1.54, 1.807) is 0 Å². The van der Waals surface area contributed by atoms with Crippen molar-refractivity contribution < 1.29 is 5.11 Å². The molecule has 0 aromatic rings. The van der Waals surface area contributed by atoms with E-state index in [0.29, 0.717) is 5.92 Å². The number of aliphatic hydroxyl groups excluding tert-OH is 1. The SMILES string of the molecule is CC(C)[C@H]1CC[C@@H](C)[C@@H](O)CC1. The van der Waals surface area contributed by atoms with Gasteiger partial charge in [0.1, 0.15) is 0 Å². The Labute approximate surface area is 76.2 Å². The molecule has 0 radical (unpaired) electrons. The average molecular weight is 170 g/mol. The highest BCUT2D eigenvalue weighted by molar-refractivity contribution is 4.75. The third kappa shape index (κ3) is 2.48. The maximum Gasteiger partial charge on any atom is 0.0565 e. The van der Waals surface area contributed by atoms with Crippen molar-refractivity contribution in [3.63, 3.8) is 0 Å². The van der Waals surface area contributed by atoms with E-state index in [9.17, 15) is 5.11 Å². The Morgan fingerprint density at radius 3 is 2.25 bits per heavy atom. The molecule has 1 aliphatic carbocycles. The molecule has 0 aromatic heterocycles. The molecule has 12 heavy (non-hydrogen) atoms. The second-order valence-electron chi connectivity index (χ2n) is 4.70. The topological polar surface area (TPSA) is 20.2 Å². The van der Waals surface area contributed by atoms with Gasteiger partial charge in [-0.2, -0.15) is 0 Å². The van der Waals surface area contributed by atoms with Gasteiger partial charge in [-0.05, 0) is 43.4 Å². The lowest BCUT2D eigenvalue weighted by molar-refractivity contribution is 0.109. The first-order valence-electron chi connectivity index (χ1n) is 5.29. The first kappa shape index (κ1) is 10.0. The van der Waals surface area contributed by atoms with Gasteiger partial charge < -0.3 is 5.11 Å². The Morgan fingerprint density at radius 2 is 1.67 bits per heavy atom. The van der Waals surface area contributed by atoms with E-state index < -0.39 is 0 Å². The van der Waals surface area contributed by atoms with Gasteiger partial charge in [-0.1, -0.05) is 20.8 Å².